The molecule has 2 atom stereocenters. The smallest absolute Gasteiger partial charge is 0.310 e. The summed E-state index contributed by atoms with van der Waals surface area (Å²) >= 11 is 3.12. The average molecular weight is 353 g/mol. The maximum Gasteiger partial charge on any atom is 0.310 e. The monoisotopic (exact) mass is 352 g/mol. The Morgan fingerprint density at radius 2 is 1.91 bits per heavy atom. The van der Waals surface area contributed by atoms with Crippen molar-refractivity contribution in [3.8, 4) is 0 Å². The molecule has 2 rings (SSSR count). The number of benzene rings is 1. The second kappa shape index (κ2) is 7.75. The van der Waals surface area contributed by atoms with Gasteiger partial charge in [0.1, 0.15) is 5.60 Å². The molecule has 0 radical (unpaired) electrons. The third-order valence-corrected chi connectivity index (χ3v) is 6.21. The Morgan fingerprint density at radius 1 is 1.26 bits per heavy atom. The standard InChI is InChI=1S/C18H24O3S2/c1-12-5-7-13(8-6-12)17(20)23-11-15-9-14(10-22-15)16(19)21-18(2,3)4/h5-8,14-15H,9-11H2,1-4H3. The number of hydrogen-bond acceptors (Lipinski definition) is 5. The highest BCUT2D eigenvalue weighted by atomic mass is 32.2. The van der Waals surface area contributed by atoms with Gasteiger partial charge in [-0.05, 0) is 34.1 Å². The summed E-state index contributed by atoms with van der Waals surface area (Å²) in [4.78, 5) is 24.3. The van der Waals surface area contributed by atoms with Crippen LogP contribution in [0, 0.1) is 12.8 Å². The van der Waals surface area contributed by atoms with Crippen LogP contribution in [0.25, 0.3) is 0 Å². The number of ether oxygens (including phenoxy) is 1. The summed E-state index contributed by atoms with van der Waals surface area (Å²) in [6.45, 7) is 7.68. The molecule has 0 bridgehead atoms. The Kier molecular flexibility index (Phi) is 6.20. The van der Waals surface area contributed by atoms with Gasteiger partial charge >= 0.3 is 5.97 Å². The summed E-state index contributed by atoms with van der Waals surface area (Å²) in [5.74, 6) is 1.39. The maximum absolute atomic E-state index is 12.2. The van der Waals surface area contributed by atoms with Gasteiger partial charge in [0, 0.05) is 22.3 Å². The van der Waals surface area contributed by atoms with E-state index >= 15 is 0 Å². The summed E-state index contributed by atoms with van der Waals surface area (Å²) in [7, 11) is 0. The molecule has 0 aliphatic carbocycles. The van der Waals surface area contributed by atoms with Gasteiger partial charge in [0.2, 0.25) is 5.12 Å². The minimum Gasteiger partial charge on any atom is -0.460 e. The van der Waals surface area contributed by atoms with Crippen molar-refractivity contribution in [2.75, 3.05) is 11.5 Å². The first-order valence-corrected chi connectivity index (χ1v) is 9.86. The number of rotatable bonds is 4. The Labute approximate surface area is 146 Å². The van der Waals surface area contributed by atoms with Crippen molar-refractivity contribution in [2.45, 2.75) is 45.0 Å². The number of esters is 1. The van der Waals surface area contributed by atoms with Crippen molar-refractivity contribution >= 4 is 34.6 Å². The second-order valence-electron chi connectivity index (χ2n) is 6.89. The van der Waals surface area contributed by atoms with Crippen LogP contribution in [-0.2, 0) is 9.53 Å². The highest BCUT2D eigenvalue weighted by Gasteiger charge is 2.33. The third kappa shape index (κ3) is 5.88. The molecule has 1 aliphatic heterocycles. The van der Waals surface area contributed by atoms with E-state index in [0.29, 0.717) is 5.25 Å². The molecular formula is C18H24O3S2. The number of carbonyl (C=O) groups excluding carboxylic acids is 2. The van der Waals surface area contributed by atoms with Crippen LogP contribution in [0.2, 0.25) is 0 Å². The molecule has 5 heteroatoms. The molecule has 0 saturated carbocycles. The molecule has 3 nitrogen and oxygen atoms in total. The van der Waals surface area contributed by atoms with Crippen molar-refractivity contribution in [3.63, 3.8) is 0 Å². The van der Waals surface area contributed by atoms with Gasteiger partial charge in [0.05, 0.1) is 5.92 Å². The van der Waals surface area contributed by atoms with Gasteiger partial charge in [-0.1, -0.05) is 41.6 Å². The minimum atomic E-state index is -0.435. The van der Waals surface area contributed by atoms with Crippen molar-refractivity contribution in [3.05, 3.63) is 35.4 Å². The Bertz CT molecular complexity index is 561. The van der Waals surface area contributed by atoms with E-state index in [9.17, 15) is 9.59 Å². The van der Waals surface area contributed by atoms with Crippen LogP contribution in [0.1, 0.15) is 43.1 Å². The fraction of sp³-hybridized carbons (Fsp3) is 0.556. The lowest BCUT2D eigenvalue weighted by Gasteiger charge is -2.21. The zero-order valence-corrected chi connectivity index (χ0v) is 15.8. The molecule has 1 fully saturated rings. The molecule has 126 valence electrons. The van der Waals surface area contributed by atoms with E-state index in [4.69, 9.17) is 4.74 Å². The van der Waals surface area contributed by atoms with Gasteiger partial charge < -0.3 is 4.74 Å². The highest BCUT2D eigenvalue weighted by Crippen LogP contribution is 2.35. The molecule has 0 amide bonds. The molecule has 0 N–H and O–H groups in total. The molecule has 1 heterocycles. The highest BCUT2D eigenvalue weighted by molar-refractivity contribution is 8.15. The Balaban J connectivity index is 1.78. The predicted octanol–water partition coefficient (Wildman–Crippen LogP) is 4.33. The van der Waals surface area contributed by atoms with E-state index in [1.165, 1.54) is 11.8 Å². The molecule has 0 spiro atoms. The quantitative estimate of drug-likeness (QED) is 0.755. The van der Waals surface area contributed by atoms with Gasteiger partial charge in [-0.2, -0.15) is 11.8 Å². The number of carbonyl (C=O) groups is 2. The zero-order chi connectivity index (χ0) is 17.0. The molecular weight excluding hydrogens is 328 g/mol. The van der Waals surface area contributed by atoms with Crippen molar-refractivity contribution < 1.29 is 14.3 Å². The third-order valence-electron chi connectivity index (χ3n) is 3.51. The summed E-state index contributed by atoms with van der Waals surface area (Å²) in [5.41, 5.74) is 1.46. The van der Waals surface area contributed by atoms with Gasteiger partial charge in [-0.25, -0.2) is 0 Å². The van der Waals surface area contributed by atoms with Crippen LogP contribution in [-0.4, -0.2) is 33.4 Å². The summed E-state index contributed by atoms with van der Waals surface area (Å²) < 4.78 is 5.45. The van der Waals surface area contributed by atoms with Crippen LogP contribution in [0.3, 0.4) is 0 Å². The maximum atomic E-state index is 12.2. The minimum absolute atomic E-state index is 0.0423. The normalized spacial score (nSPS) is 21.2. The van der Waals surface area contributed by atoms with E-state index in [1.54, 1.807) is 11.8 Å². The molecule has 1 aliphatic rings. The summed E-state index contributed by atoms with van der Waals surface area (Å²) in [5, 5.41) is 0.443. The largest absolute Gasteiger partial charge is 0.460 e. The molecule has 2 unspecified atom stereocenters. The lowest BCUT2D eigenvalue weighted by Crippen LogP contribution is -2.29. The predicted molar refractivity (Wildman–Crippen MR) is 98.2 cm³/mol. The van der Waals surface area contributed by atoms with Gasteiger partial charge in [0.25, 0.3) is 0 Å². The van der Waals surface area contributed by atoms with Crippen LogP contribution >= 0.6 is 23.5 Å². The first kappa shape index (κ1) is 18.4. The van der Waals surface area contributed by atoms with Crippen LogP contribution in [0.15, 0.2) is 24.3 Å². The van der Waals surface area contributed by atoms with Crippen LogP contribution in [0.5, 0.6) is 0 Å². The molecule has 1 saturated heterocycles. The Hall–Kier alpha value is -0.940. The Morgan fingerprint density at radius 3 is 2.52 bits per heavy atom. The average Bonchev–Trinajstić information content (AvgIpc) is 2.93. The SMILES string of the molecule is Cc1ccc(C(=O)SCC2CC(C(=O)OC(C)(C)C)CS2)cc1. The molecule has 0 aromatic heterocycles. The van der Waals surface area contributed by atoms with Gasteiger partial charge in [-0.3, -0.25) is 9.59 Å². The number of thioether (sulfide) groups is 2. The lowest BCUT2D eigenvalue weighted by atomic mass is 10.1. The van der Waals surface area contributed by atoms with E-state index in [2.05, 4.69) is 0 Å². The lowest BCUT2D eigenvalue weighted by molar-refractivity contribution is -0.159. The number of aryl methyl sites for hydroxylation is 1. The first-order valence-electron chi connectivity index (χ1n) is 7.83. The van der Waals surface area contributed by atoms with Crippen LogP contribution in [0.4, 0.5) is 0 Å². The van der Waals surface area contributed by atoms with E-state index in [1.807, 2.05) is 52.0 Å². The van der Waals surface area contributed by atoms with Gasteiger partial charge in [0.15, 0.2) is 0 Å². The molecule has 1 aromatic rings. The van der Waals surface area contributed by atoms with Gasteiger partial charge in [-0.15, -0.1) is 0 Å². The molecule has 1 aromatic carbocycles. The van der Waals surface area contributed by atoms with E-state index < -0.39 is 5.60 Å². The first-order chi connectivity index (χ1) is 10.7. The second-order valence-corrected chi connectivity index (χ2v) is 9.21. The zero-order valence-electron chi connectivity index (χ0n) is 14.1. The summed E-state index contributed by atoms with van der Waals surface area (Å²) in [6, 6.07) is 7.65. The van der Waals surface area contributed by atoms with Crippen molar-refractivity contribution in [1.29, 1.82) is 0 Å². The van der Waals surface area contributed by atoms with Crippen LogP contribution < -0.4 is 0 Å². The topological polar surface area (TPSA) is 43.4 Å². The molecule has 23 heavy (non-hydrogen) atoms. The van der Waals surface area contributed by atoms with Crippen molar-refractivity contribution in [1.82, 2.24) is 0 Å². The van der Waals surface area contributed by atoms with E-state index in [0.717, 1.165) is 29.1 Å². The fourth-order valence-electron chi connectivity index (χ4n) is 2.31. The van der Waals surface area contributed by atoms with E-state index in [-0.39, 0.29) is 17.0 Å². The fourth-order valence-corrected chi connectivity index (χ4v) is 4.82. The summed E-state index contributed by atoms with van der Waals surface area (Å²) in [6.07, 6.45) is 0.799. The van der Waals surface area contributed by atoms with Crippen molar-refractivity contribution in [2.24, 2.45) is 5.92 Å². The number of hydrogen-bond donors (Lipinski definition) is 0.